The minimum absolute atomic E-state index is 0.103. The summed E-state index contributed by atoms with van der Waals surface area (Å²) in [4.78, 5) is 14.7. The molecule has 3 N–H and O–H groups in total. The topological polar surface area (TPSA) is 73.8 Å². The van der Waals surface area contributed by atoms with Crippen LogP contribution in [-0.4, -0.2) is 54.7 Å². The van der Waals surface area contributed by atoms with E-state index in [1.807, 2.05) is 25.1 Å². The number of amides is 1. The van der Waals surface area contributed by atoms with E-state index < -0.39 is 11.4 Å². The number of halogens is 1. The molecule has 34 heavy (non-hydrogen) atoms. The lowest BCUT2D eigenvalue weighted by atomic mass is 9.76. The van der Waals surface area contributed by atoms with Gasteiger partial charge < -0.3 is 20.5 Å². The first-order chi connectivity index (χ1) is 16.3. The van der Waals surface area contributed by atoms with Gasteiger partial charge in [-0.05, 0) is 62.4 Å². The normalized spacial score (nSPS) is 23.1. The van der Waals surface area contributed by atoms with Gasteiger partial charge in [0, 0.05) is 30.4 Å². The minimum Gasteiger partial charge on any atom is -0.494 e. The fourth-order valence-corrected chi connectivity index (χ4v) is 5.01. The van der Waals surface area contributed by atoms with Gasteiger partial charge in [-0.15, -0.1) is 0 Å². The number of aliphatic hydroxyl groups is 1. The van der Waals surface area contributed by atoms with Gasteiger partial charge in [-0.2, -0.15) is 0 Å². The van der Waals surface area contributed by atoms with Crippen LogP contribution in [0, 0.1) is 12.7 Å². The maximum Gasteiger partial charge on any atom is 0.251 e. The Morgan fingerprint density at radius 2 is 1.97 bits per heavy atom. The molecule has 1 saturated carbocycles. The van der Waals surface area contributed by atoms with Gasteiger partial charge in [-0.1, -0.05) is 30.3 Å². The summed E-state index contributed by atoms with van der Waals surface area (Å²) in [7, 11) is 1.43. The number of methoxy groups -OCH3 is 1. The fourth-order valence-electron chi connectivity index (χ4n) is 5.01. The summed E-state index contributed by atoms with van der Waals surface area (Å²) in [5, 5.41) is 17.4. The van der Waals surface area contributed by atoms with Crippen LogP contribution in [0.5, 0.6) is 5.75 Å². The van der Waals surface area contributed by atoms with Crippen molar-refractivity contribution in [3.8, 4) is 5.75 Å². The maximum absolute atomic E-state index is 14.1. The average Bonchev–Trinajstić information content (AvgIpc) is 2.80. The van der Waals surface area contributed by atoms with Crippen molar-refractivity contribution in [1.82, 2.24) is 15.5 Å². The second kappa shape index (κ2) is 10.2. The molecule has 7 heteroatoms. The quantitative estimate of drug-likeness (QED) is 0.554. The monoisotopic (exact) mass is 467 g/mol. The summed E-state index contributed by atoms with van der Waals surface area (Å²) >= 11 is 0. The molecule has 0 unspecified atom stereocenters. The number of benzene rings is 2. The standard InChI is InChI=1S/C27H34FN3O3/c1-18-5-4-6-20(13-18)26(32)29-15-19(2)30-22-16-31(17-22)23-9-11-27(33,12-10-23)21-7-8-25(34-3)24(28)14-21/h4-8,13-14,22-23,30,33H,2,9-12,15-17H2,1,3H3,(H,29,32)/t23-,27-. The molecule has 4 rings (SSSR count). The van der Waals surface area contributed by atoms with Gasteiger partial charge in [0.25, 0.3) is 5.91 Å². The number of likely N-dealkylation sites (tertiary alicyclic amines) is 1. The number of carbonyl (C=O) groups is 1. The second-order valence-electron chi connectivity index (χ2n) is 9.56. The number of nitrogens with one attached hydrogen (secondary N) is 2. The van der Waals surface area contributed by atoms with Crippen LogP contribution in [0.2, 0.25) is 0 Å². The van der Waals surface area contributed by atoms with Crippen molar-refractivity contribution in [2.75, 3.05) is 26.7 Å². The predicted octanol–water partition coefficient (Wildman–Crippen LogP) is 3.49. The number of aryl methyl sites for hydroxylation is 1. The molecule has 1 aliphatic carbocycles. The molecular weight excluding hydrogens is 433 g/mol. The predicted molar refractivity (Wildman–Crippen MR) is 130 cm³/mol. The number of hydrogen-bond acceptors (Lipinski definition) is 5. The highest BCUT2D eigenvalue weighted by atomic mass is 19.1. The summed E-state index contributed by atoms with van der Waals surface area (Å²) in [6.45, 7) is 8.22. The lowest BCUT2D eigenvalue weighted by molar-refractivity contribution is -0.0398. The Balaban J connectivity index is 1.18. The first-order valence-electron chi connectivity index (χ1n) is 11.9. The van der Waals surface area contributed by atoms with Crippen LogP contribution in [0.1, 0.15) is 47.2 Å². The highest BCUT2D eigenvalue weighted by Gasteiger charge is 2.40. The molecule has 2 fully saturated rings. The first-order valence-corrected chi connectivity index (χ1v) is 11.9. The molecule has 2 aromatic rings. The zero-order valence-electron chi connectivity index (χ0n) is 19.9. The lowest BCUT2D eigenvalue weighted by Gasteiger charge is -2.48. The zero-order valence-corrected chi connectivity index (χ0v) is 19.9. The van der Waals surface area contributed by atoms with Crippen LogP contribution < -0.4 is 15.4 Å². The van der Waals surface area contributed by atoms with E-state index in [1.54, 1.807) is 18.2 Å². The Morgan fingerprint density at radius 3 is 2.62 bits per heavy atom. The van der Waals surface area contributed by atoms with E-state index in [1.165, 1.54) is 13.2 Å². The largest absolute Gasteiger partial charge is 0.494 e. The molecular formula is C27H34FN3O3. The Hall–Kier alpha value is -2.90. The number of hydrogen-bond donors (Lipinski definition) is 3. The lowest BCUT2D eigenvalue weighted by Crippen LogP contribution is -2.62. The third kappa shape index (κ3) is 5.42. The van der Waals surface area contributed by atoms with Crippen molar-refractivity contribution in [2.24, 2.45) is 0 Å². The SMILES string of the molecule is C=C(CNC(=O)c1cccc(C)c1)NC1CN([C@H]2CC[C@@](O)(c3ccc(OC)c(F)c3)CC2)C1. The molecule has 1 aliphatic heterocycles. The summed E-state index contributed by atoms with van der Waals surface area (Å²) in [6, 6.07) is 13.0. The van der Waals surface area contributed by atoms with Gasteiger partial charge in [0.05, 0.1) is 25.3 Å². The van der Waals surface area contributed by atoms with Gasteiger partial charge in [0.1, 0.15) is 0 Å². The molecule has 0 atom stereocenters. The molecule has 0 aromatic heterocycles. The smallest absolute Gasteiger partial charge is 0.251 e. The van der Waals surface area contributed by atoms with Gasteiger partial charge in [0.15, 0.2) is 11.6 Å². The highest BCUT2D eigenvalue weighted by molar-refractivity contribution is 5.94. The summed E-state index contributed by atoms with van der Waals surface area (Å²) in [6.07, 6.45) is 2.94. The Bertz CT molecular complexity index is 1040. The van der Waals surface area contributed by atoms with Crippen molar-refractivity contribution in [2.45, 2.75) is 50.3 Å². The van der Waals surface area contributed by atoms with Gasteiger partial charge in [0.2, 0.25) is 0 Å². The Kier molecular flexibility index (Phi) is 7.24. The van der Waals surface area contributed by atoms with Gasteiger partial charge >= 0.3 is 0 Å². The molecule has 6 nitrogen and oxygen atoms in total. The minimum atomic E-state index is -0.990. The van der Waals surface area contributed by atoms with E-state index >= 15 is 0 Å². The molecule has 1 heterocycles. The second-order valence-corrected chi connectivity index (χ2v) is 9.56. The van der Waals surface area contributed by atoms with Gasteiger partial charge in [-0.25, -0.2) is 4.39 Å². The first kappa shape index (κ1) is 24.2. The van der Waals surface area contributed by atoms with E-state index in [4.69, 9.17) is 4.74 Å². The highest BCUT2D eigenvalue weighted by Crippen LogP contribution is 2.40. The summed E-state index contributed by atoms with van der Waals surface area (Å²) < 4.78 is 19.1. The maximum atomic E-state index is 14.1. The van der Waals surface area contributed by atoms with Crippen LogP contribution >= 0.6 is 0 Å². The third-order valence-electron chi connectivity index (χ3n) is 7.05. The van der Waals surface area contributed by atoms with Crippen LogP contribution in [0.25, 0.3) is 0 Å². The summed E-state index contributed by atoms with van der Waals surface area (Å²) in [5.41, 5.74) is 2.13. The van der Waals surface area contributed by atoms with Crippen molar-refractivity contribution in [1.29, 1.82) is 0 Å². The molecule has 2 aromatic carbocycles. The number of rotatable bonds is 8. The fraction of sp³-hybridized carbons (Fsp3) is 0.444. The van der Waals surface area contributed by atoms with Crippen LogP contribution in [0.4, 0.5) is 4.39 Å². The molecule has 0 radical (unpaired) electrons. The van der Waals surface area contributed by atoms with Crippen LogP contribution in [-0.2, 0) is 5.60 Å². The van der Waals surface area contributed by atoms with Crippen molar-refractivity contribution < 1.29 is 19.0 Å². The molecule has 1 amide bonds. The van der Waals surface area contributed by atoms with E-state index in [-0.39, 0.29) is 11.7 Å². The molecule has 182 valence electrons. The number of nitrogens with zero attached hydrogens (tertiary/aromatic N) is 1. The van der Waals surface area contributed by atoms with E-state index in [2.05, 4.69) is 22.1 Å². The van der Waals surface area contributed by atoms with E-state index in [9.17, 15) is 14.3 Å². The van der Waals surface area contributed by atoms with Crippen molar-refractivity contribution >= 4 is 5.91 Å². The van der Waals surface area contributed by atoms with Crippen molar-refractivity contribution in [3.05, 3.63) is 77.2 Å². The molecule has 1 saturated heterocycles. The Morgan fingerprint density at radius 1 is 1.24 bits per heavy atom. The summed E-state index contributed by atoms with van der Waals surface area (Å²) in [5.74, 6) is -0.354. The zero-order chi connectivity index (χ0) is 24.3. The van der Waals surface area contributed by atoms with E-state index in [0.29, 0.717) is 42.6 Å². The average molecular weight is 468 g/mol. The molecule has 0 bridgehead atoms. The van der Waals surface area contributed by atoms with Crippen LogP contribution in [0.15, 0.2) is 54.7 Å². The van der Waals surface area contributed by atoms with Gasteiger partial charge in [-0.3, -0.25) is 9.69 Å². The molecule has 2 aliphatic rings. The number of carbonyl (C=O) groups excluding carboxylic acids is 1. The Labute approximate surface area is 200 Å². The third-order valence-corrected chi connectivity index (χ3v) is 7.05. The van der Waals surface area contributed by atoms with Crippen LogP contribution in [0.3, 0.4) is 0 Å². The van der Waals surface area contributed by atoms with E-state index in [0.717, 1.165) is 37.2 Å². The van der Waals surface area contributed by atoms with Crippen molar-refractivity contribution in [3.63, 3.8) is 0 Å². The number of ether oxygens (including phenoxy) is 1. The molecule has 0 spiro atoms.